The number of pyridine rings is 1. The Kier molecular flexibility index (Phi) is 4.64. The van der Waals surface area contributed by atoms with Crippen molar-refractivity contribution in [1.29, 1.82) is 0 Å². The molecule has 2 aromatic rings. The number of nitrogens with two attached hydrogens (primary N) is 1. The number of anilines is 1. The number of benzene rings is 1. The van der Waals surface area contributed by atoms with Gasteiger partial charge in [-0.15, -0.1) is 0 Å². The SMILES string of the molecule is CN(C(=O)c1ccc2c(c1)CCC2N)C1CCN(c2ccncc2)CC1. The number of carbonyl (C=O) groups is 1. The zero-order chi connectivity index (χ0) is 18.1. The van der Waals surface area contributed by atoms with Gasteiger partial charge in [0, 0.05) is 55.9 Å². The maximum absolute atomic E-state index is 12.9. The fourth-order valence-corrected chi connectivity index (χ4v) is 4.22. The lowest BCUT2D eigenvalue weighted by Crippen LogP contribution is -2.45. The first-order chi connectivity index (χ1) is 12.6. The third-order valence-electron chi connectivity index (χ3n) is 5.87. The van der Waals surface area contributed by atoms with Crippen LogP contribution in [-0.2, 0) is 6.42 Å². The molecule has 2 N–H and O–H groups in total. The molecule has 5 nitrogen and oxygen atoms in total. The molecule has 1 aromatic heterocycles. The Hall–Kier alpha value is -2.40. The van der Waals surface area contributed by atoms with Crippen molar-refractivity contribution >= 4 is 11.6 Å². The molecule has 1 amide bonds. The largest absolute Gasteiger partial charge is 0.371 e. The van der Waals surface area contributed by atoms with Crippen LogP contribution >= 0.6 is 0 Å². The van der Waals surface area contributed by atoms with E-state index in [9.17, 15) is 4.79 Å². The van der Waals surface area contributed by atoms with Gasteiger partial charge in [-0.05, 0) is 61.1 Å². The van der Waals surface area contributed by atoms with Crippen LogP contribution in [0, 0.1) is 0 Å². The Morgan fingerprint density at radius 2 is 1.88 bits per heavy atom. The molecule has 2 heterocycles. The molecule has 5 heteroatoms. The Balaban J connectivity index is 1.41. The van der Waals surface area contributed by atoms with Gasteiger partial charge in [0.1, 0.15) is 0 Å². The van der Waals surface area contributed by atoms with Crippen molar-refractivity contribution in [1.82, 2.24) is 9.88 Å². The van der Waals surface area contributed by atoms with Crippen LogP contribution in [0.4, 0.5) is 5.69 Å². The lowest BCUT2D eigenvalue weighted by atomic mass is 10.0. The van der Waals surface area contributed by atoms with Crippen LogP contribution in [0.1, 0.15) is 46.8 Å². The van der Waals surface area contributed by atoms with Gasteiger partial charge < -0.3 is 15.5 Å². The number of aryl methyl sites for hydroxylation is 1. The first-order valence-electron chi connectivity index (χ1n) is 9.44. The summed E-state index contributed by atoms with van der Waals surface area (Å²) in [6.07, 6.45) is 7.59. The normalized spacial score (nSPS) is 20.1. The average molecular weight is 350 g/mol. The number of hydrogen-bond acceptors (Lipinski definition) is 4. The number of aromatic nitrogens is 1. The number of nitrogens with zero attached hydrogens (tertiary/aromatic N) is 3. The second kappa shape index (κ2) is 7.08. The van der Waals surface area contributed by atoms with E-state index in [2.05, 4.69) is 9.88 Å². The molecule has 1 aliphatic heterocycles. The topological polar surface area (TPSA) is 62.5 Å². The molecule has 1 unspecified atom stereocenters. The summed E-state index contributed by atoms with van der Waals surface area (Å²) >= 11 is 0. The number of piperidine rings is 1. The third kappa shape index (κ3) is 3.19. The van der Waals surface area contributed by atoms with E-state index < -0.39 is 0 Å². The van der Waals surface area contributed by atoms with Crippen LogP contribution in [-0.4, -0.2) is 42.0 Å². The minimum Gasteiger partial charge on any atom is -0.371 e. The molecular weight excluding hydrogens is 324 g/mol. The van der Waals surface area contributed by atoms with Crippen molar-refractivity contribution < 1.29 is 4.79 Å². The summed E-state index contributed by atoms with van der Waals surface area (Å²) in [6, 6.07) is 10.5. The van der Waals surface area contributed by atoms with Crippen LogP contribution in [0.15, 0.2) is 42.7 Å². The summed E-state index contributed by atoms with van der Waals surface area (Å²) in [5.41, 5.74) is 10.5. The van der Waals surface area contributed by atoms with Crippen LogP contribution < -0.4 is 10.6 Å². The zero-order valence-electron chi connectivity index (χ0n) is 15.3. The molecule has 0 spiro atoms. The molecule has 1 saturated heterocycles. The van der Waals surface area contributed by atoms with Crippen LogP contribution in [0.5, 0.6) is 0 Å². The molecule has 1 atom stereocenters. The molecule has 0 saturated carbocycles. The maximum Gasteiger partial charge on any atom is 0.253 e. The summed E-state index contributed by atoms with van der Waals surface area (Å²) < 4.78 is 0. The second-order valence-corrected chi connectivity index (χ2v) is 7.40. The van der Waals surface area contributed by atoms with Crippen LogP contribution in [0.2, 0.25) is 0 Å². The highest BCUT2D eigenvalue weighted by Gasteiger charge is 2.27. The number of hydrogen-bond donors (Lipinski definition) is 1. The predicted molar refractivity (Wildman–Crippen MR) is 103 cm³/mol. The zero-order valence-corrected chi connectivity index (χ0v) is 15.3. The first-order valence-corrected chi connectivity index (χ1v) is 9.44. The number of amides is 1. The molecular formula is C21H26N4O. The Bertz CT molecular complexity index is 784. The molecule has 1 fully saturated rings. The van der Waals surface area contributed by atoms with E-state index in [-0.39, 0.29) is 18.0 Å². The van der Waals surface area contributed by atoms with Gasteiger partial charge in [0.25, 0.3) is 5.91 Å². The quantitative estimate of drug-likeness (QED) is 0.925. The summed E-state index contributed by atoms with van der Waals surface area (Å²) in [7, 11) is 1.94. The number of carbonyl (C=O) groups excluding carboxylic acids is 1. The van der Waals surface area contributed by atoms with Crippen molar-refractivity contribution in [3.8, 4) is 0 Å². The van der Waals surface area contributed by atoms with Gasteiger partial charge in [0.2, 0.25) is 0 Å². The third-order valence-corrected chi connectivity index (χ3v) is 5.87. The molecule has 4 rings (SSSR count). The summed E-state index contributed by atoms with van der Waals surface area (Å²) in [5, 5.41) is 0. The molecule has 1 aromatic carbocycles. The van der Waals surface area contributed by atoms with Crippen molar-refractivity contribution in [3.05, 3.63) is 59.4 Å². The molecule has 26 heavy (non-hydrogen) atoms. The molecule has 136 valence electrons. The van der Waals surface area contributed by atoms with Crippen molar-refractivity contribution in [2.75, 3.05) is 25.0 Å². The monoisotopic (exact) mass is 350 g/mol. The van der Waals surface area contributed by atoms with Gasteiger partial charge in [-0.2, -0.15) is 0 Å². The predicted octanol–water partition coefficient (Wildman–Crippen LogP) is 2.77. The summed E-state index contributed by atoms with van der Waals surface area (Å²) in [4.78, 5) is 21.3. The Labute approximate surface area is 154 Å². The van der Waals surface area contributed by atoms with E-state index in [4.69, 9.17) is 5.73 Å². The lowest BCUT2D eigenvalue weighted by Gasteiger charge is -2.37. The molecule has 0 bridgehead atoms. The van der Waals surface area contributed by atoms with Crippen molar-refractivity contribution in [2.24, 2.45) is 5.73 Å². The molecule has 0 radical (unpaired) electrons. The van der Waals surface area contributed by atoms with E-state index in [0.29, 0.717) is 0 Å². The van der Waals surface area contributed by atoms with E-state index in [1.54, 1.807) is 0 Å². The smallest absolute Gasteiger partial charge is 0.253 e. The van der Waals surface area contributed by atoms with Gasteiger partial charge in [0.05, 0.1) is 0 Å². The number of rotatable bonds is 3. The van der Waals surface area contributed by atoms with Gasteiger partial charge in [0.15, 0.2) is 0 Å². The van der Waals surface area contributed by atoms with E-state index in [1.165, 1.54) is 16.8 Å². The Morgan fingerprint density at radius 1 is 1.15 bits per heavy atom. The minimum atomic E-state index is 0.121. The van der Waals surface area contributed by atoms with Gasteiger partial charge in [-0.1, -0.05) is 6.07 Å². The first kappa shape index (κ1) is 17.0. The Morgan fingerprint density at radius 3 is 2.62 bits per heavy atom. The standard InChI is InChI=1S/C21H26N4O/c1-24(17-8-12-25(13-9-17)18-6-10-23-11-7-18)21(26)16-2-4-19-15(14-16)3-5-20(19)22/h2,4,6-7,10-11,14,17,20H,3,5,8-9,12-13,22H2,1H3. The van der Waals surface area contributed by atoms with Crippen LogP contribution in [0.25, 0.3) is 0 Å². The maximum atomic E-state index is 12.9. The van der Waals surface area contributed by atoms with Crippen molar-refractivity contribution in [2.45, 2.75) is 37.8 Å². The highest BCUT2D eigenvalue weighted by atomic mass is 16.2. The van der Waals surface area contributed by atoms with Crippen LogP contribution in [0.3, 0.4) is 0 Å². The molecule has 1 aliphatic carbocycles. The average Bonchev–Trinajstić information content (AvgIpc) is 3.08. The van der Waals surface area contributed by atoms with Gasteiger partial charge in [-0.3, -0.25) is 9.78 Å². The highest BCUT2D eigenvalue weighted by molar-refractivity contribution is 5.94. The number of fused-ring (bicyclic) bond motifs is 1. The fourth-order valence-electron chi connectivity index (χ4n) is 4.22. The fraction of sp³-hybridized carbons (Fsp3) is 0.429. The minimum absolute atomic E-state index is 0.121. The van der Waals surface area contributed by atoms with E-state index >= 15 is 0 Å². The van der Waals surface area contributed by atoms with Gasteiger partial charge in [-0.25, -0.2) is 0 Å². The second-order valence-electron chi connectivity index (χ2n) is 7.40. The molecule has 2 aliphatic rings. The van der Waals surface area contributed by atoms with E-state index in [0.717, 1.165) is 44.3 Å². The summed E-state index contributed by atoms with van der Waals surface area (Å²) in [6.45, 7) is 1.93. The van der Waals surface area contributed by atoms with Gasteiger partial charge >= 0.3 is 0 Å². The lowest BCUT2D eigenvalue weighted by molar-refractivity contribution is 0.0709. The van der Waals surface area contributed by atoms with E-state index in [1.807, 2.05) is 54.7 Å². The highest BCUT2D eigenvalue weighted by Crippen LogP contribution is 2.30. The van der Waals surface area contributed by atoms with Crippen molar-refractivity contribution in [3.63, 3.8) is 0 Å². The summed E-state index contributed by atoms with van der Waals surface area (Å²) in [5.74, 6) is 0.121.